The topological polar surface area (TPSA) is 38.0 Å². The second-order valence-electron chi connectivity index (χ2n) is 3.81. The Bertz CT molecular complexity index is 327. The van der Waals surface area contributed by atoms with E-state index in [2.05, 4.69) is 31.3 Å². The highest BCUT2D eigenvalue weighted by atomic mass is 15.0. The number of nitrogens with two attached hydrogens (primary N) is 1. The predicted molar refractivity (Wildman–Crippen MR) is 55.7 cm³/mol. The van der Waals surface area contributed by atoms with Crippen molar-refractivity contribution in [2.24, 2.45) is 0 Å². The van der Waals surface area contributed by atoms with Gasteiger partial charge in [-0.1, -0.05) is 12.1 Å². The summed E-state index contributed by atoms with van der Waals surface area (Å²) < 4.78 is 0. The maximum absolute atomic E-state index is 6.05. The molecule has 1 heterocycles. The number of nitrogen functional groups attached to an aromatic ring is 1. The van der Waals surface area contributed by atoms with Gasteiger partial charge in [0, 0.05) is 11.7 Å². The molecule has 3 N–H and O–H groups in total. The quantitative estimate of drug-likeness (QED) is 0.641. The molecule has 1 atom stereocenters. The van der Waals surface area contributed by atoms with Gasteiger partial charge in [-0.2, -0.15) is 0 Å². The molecule has 0 saturated carbocycles. The monoisotopic (exact) mass is 176 g/mol. The predicted octanol–water partition coefficient (Wildman–Crippen LogP) is 1.92. The summed E-state index contributed by atoms with van der Waals surface area (Å²) >= 11 is 0. The molecule has 1 fully saturated rings. The van der Waals surface area contributed by atoms with Crippen molar-refractivity contribution < 1.29 is 0 Å². The van der Waals surface area contributed by atoms with Gasteiger partial charge in [0.05, 0.1) is 0 Å². The van der Waals surface area contributed by atoms with Crippen LogP contribution in [0.2, 0.25) is 0 Å². The maximum atomic E-state index is 6.05. The zero-order valence-corrected chi connectivity index (χ0v) is 8.22. The summed E-state index contributed by atoms with van der Waals surface area (Å²) in [6, 6.07) is 4.80. The zero-order valence-electron chi connectivity index (χ0n) is 8.22. The van der Waals surface area contributed by atoms with Gasteiger partial charge < -0.3 is 11.1 Å². The fraction of sp³-hybridized carbons (Fsp3) is 0.455. The van der Waals surface area contributed by atoms with Gasteiger partial charge in [0.1, 0.15) is 0 Å². The maximum Gasteiger partial charge on any atom is 0.0394 e. The summed E-state index contributed by atoms with van der Waals surface area (Å²) in [5, 5.41) is 3.37. The first-order valence-electron chi connectivity index (χ1n) is 4.79. The third-order valence-corrected chi connectivity index (χ3v) is 3.02. The van der Waals surface area contributed by atoms with Gasteiger partial charge in [0.2, 0.25) is 0 Å². The average molecular weight is 176 g/mol. The van der Waals surface area contributed by atoms with Gasteiger partial charge in [-0.05, 0) is 43.5 Å². The molecule has 0 amide bonds. The van der Waals surface area contributed by atoms with Crippen molar-refractivity contribution in [3.05, 3.63) is 28.8 Å². The van der Waals surface area contributed by atoms with Crippen LogP contribution in [0, 0.1) is 13.8 Å². The molecule has 0 aliphatic carbocycles. The lowest BCUT2D eigenvalue weighted by Crippen LogP contribution is -2.35. The minimum absolute atomic E-state index is 0.499. The molecule has 0 aromatic heterocycles. The van der Waals surface area contributed by atoms with Crippen LogP contribution in [0.5, 0.6) is 0 Å². The lowest BCUT2D eigenvalue weighted by molar-refractivity contribution is 0.384. The highest BCUT2D eigenvalue weighted by Crippen LogP contribution is 2.30. The van der Waals surface area contributed by atoms with Crippen LogP contribution in [0.3, 0.4) is 0 Å². The number of rotatable bonds is 1. The summed E-state index contributed by atoms with van der Waals surface area (Å²) in [5.74, 6) is 0. The van der Waals surface area contributed by atoms with Gasteiger partial charge in [0.25, 0.3) is 0 Å². The highest BCUT2D eigenvalue weighted by Gasteiger charge is 2.21. The lowest BCUT2D eigenvalue weighted by atomic mass is 9.93. The summed E-state index contributed by atoms with van der Waals surface area (Å²) in [5.41, 5.74) is 10.8. The number of hydrogen-bond acceptors (Lipinski definition) is 2. The van der Waals surface area contributed by atoms with Crippen molar-refractivity contribution in [2.45, 2.75) is 26.3 Å². The second kappa shape index (κ2) is 3.04. The Morgan fingerprint density at radius 2 is 2.08 bits per heavy atom. The smallest absolute Gasteiger partial charge is 0.0394 e. The summed E-state index contributed by atoms with van der Waals surface area (Å²) in [4.78, 5) is 0. The van der Waals surface area contributed by atoms with Gasteiger partial charge in [-0.25, -0.2) is 0 Å². The van der Waals surface area contributed by atoms with Crippen LogP contribution in [0.4, 0.5) is 5.69 Å². The molecule has 0 spiro atoms. The van der Waals surface area contributed by atoms with E-state index < -0.39 is 0 Å². The molecule has 1 aliphatic rings. The highest BCUT2D eigenvalue weighted by molar-refractivity contribution is 5.57. The Balaban J connectivity index is 2.41. The van der Waals surface area contributed by atoms with Crippen LogP contribution in [-0.2, 0) is 0 Å². The molecule has 1 aromatic carbocycles. The first-order chi connectivity index (χ1) is 6.20. The van der Waals surface area contributed by atoms with Crippen molar-refractivity contribution in [3.63, 3.8) is 0 Å². The van der Waals surface area contributed by atoms with E-state index in [4.69, 9.17) is 5.73 Å². The minimum Gasteiger partial charge on any atom is -0.398 e. The SMILES string of the molecule is Cc1ccc([C@@H]2CCN2)c(N)c1C. The Morgan fingerprint density at radius 1 is 1.38 bits per heavy atom. The van der Waals surface area contributed by atoms with E-state index >= 15 is 0 Å². The van der Waals surface area contributed by atoms with E-state index in [0.717, 1.165) is 12.2 Å². The van der Waals surface area contributed by atoms with Gasteiger partial charge >= 0.3 is 0 Å². The molecule has 2 rings (SSSR count). The van der Waals surface area contributed by atoms with Crippen LogP contribution in [0.25, 0.3) is 0 Å². The molecule has 1 saturated heterocycles. The summed E-state index contributed by atoms with van der Waals surface area (Å²) in [6.45, 7) is 5.31. The zero-order chi connectivity index (χ0) is 9.42. The molecular formula is C11H16N2. The lowest BCUT2D eigenvalue weighted by Gasteiger charge is -2.29. The average Bonchev–Trinajstić information content (AvgIpc) is 2.03. The van der Waals surface area contributed by atoms with E-state index in [0.29, 0.717) is 6.04 Å². The van der Waals surface area contributed by atoms with Crippen molar-refractivity contribution in [1.29, 1.82) is 0 Å². The normalized spacial score (nSPS) is 21.2. The molecule has 70 valence electrons. The van der Waals surface area contributed by atoms with E-state index in [1.807, 2.05) is 0 Å². The van der Waals surface area contributed by atoms with Gasteiger partial charge in [-0.15, -0.1) is 0 Å². The second-order valence-corrected chi connectivity index (χ2v) is 3.81. The van der Waals surface area contributed by atoms with Crippen molar-refractivity contribution in [1.82, 2.24) is 5.32 Å². The number of hydrogen-bond donors (Lipinski definition) is 2. The number of nitrogens with one attached hydrogen (secondary N) is 1. The summed E-state index contributed by atoms with van der Waals surface area (Å²) in [6.07, 6.45) is 1.21. The summed E-state index contributed by atoms with van der Waals surface area (Å²) in [7, 11) is 0. The van der Waals surface area contributed by atoms with Crippen LogP contribution in [-0.4, -0.2) is 6.54 Å². The first-order valence-corrected chi connectivity index (χ1v) is 4.79. The molecule has 2 heteroatoms. The van der Waals surface area contributed by atoms with E-state index in [-0.39, 0.29) is 0 Å². The van der Waals surface area contributed by atoms with Gasteiger partial charge in [-0.3, -0.25) is 0 Å². The Labute approximate surface area is 79.1 Å². The van der Waals surface area contributed by atoms with Crippen molar-refractivity contribution in [3.8, 4) is 0 Å². The minimum atomic E-state index is 0.499. The van der Waals surface area contributed by atoms with Crippen molar-refractivity contribution >= 4 is 5.69 Å². The van der Waals surface area contributed by atoms with Crippen LogP contribution in [0.1, 0.15) is 29.2 Å². The van der Waals surface area contributed by atoms with Gasteiger partial charge in [0.15, 0.2) is 0 Å². The third kappa shape index (κ3) is 1.31. The molecule has 0 bridgehead atoms. The first kappa shape index (κ1) is 8.57. The number of aryl methyl sites for hydroxylation is 1. The molecule has 0 radical (unpaired) electrons. The van der Waals surface area contributed by atoms with E-state index in [1.54, 1.807) is 0 Å². The molecular weight excluding hydrogens is 160 g/mol. The fourth-order valence-electron chi connectivity index (χ4n) is 1.72. The Hall–Kier alpha value is -1.02. The van der Waals surface area contributed by atoms with E-state index in [1.165, 1.54) is 23.1 Å². The van der Waals surface area contributed by atoms with Crippen molar-refractivity contribution in [2.75, 3.05) is 12.3 Å². The Kier molecular flexibility index (Phi) is 2.00. The Morgan fingerprint density at radius 3 is 2.62 bits per heavy atom. The fourth-order valence-corrected chi connectivity index (χ4v) is 1.72. The largest absolute Gasteiger partial charge is 0.398 e. The molecule has 2 nitrogen and oxygen atoms in total. The standard InChI is InChI=1S/C11H16N2/c1-7-3-4-9(10-5-6-13-10)11(12)8(7)2/h3-4,10,13H,5-6,12H2,1-2H3/t10-/m0/s1. The molecule has 1 aliphatic heterocycles. The van der Waals surface area contributed by atoms with E-state index in [9.17, 15) is 0 Å². The number of anilines is 1. The van der Waals surface area contributed by atoms with Crippen LogP contribution < -0.4 is 11.1 Å². The molecule has 13 heavy (non-hydrogen) atoms. The third-order valence-electron chi connectivity index (χ3n) is 3.02. The molecule has 1 aromatic rings. The number of benzene rings is 1. The van der Waals surface area contributed by atoms with Crippen LogP contribution >= 0.6 is 0 Å². The van der Waals surface area contributed by atoms with Crippen LogP contribution in [0.15, 0.2) is 12.1 Å². The molecule has 0 unspecified atom stereocenters.